The molecule has 4 heteroatoms. The average Bonchev–Trinajstić information content (AvgIpc) is 2.46. The molecule has 2 aromatic rings. The molecule has 0 bridgehead atoms. The Bertz CT molecular complexity index is 606. The first-order valence-corrected chi connectivity index (χ1v) is 5.76. The number of nitrogens with zero attached hydrogens (tertiary/aromatic N) is 1. The van der Waals surface area contributed by atoms with E-state index in [1.54, 1.807) is 42.5 Å². The number of hydrogen-bond acceptors (Lipinski definition) is 3. The second kappa shape index (κ2) is 5.82. The van der Waals surface area contributed by atoms with Crippen LogP contribution in [0.5, 0.6) is 0 Å². The molecule has 0 heterocycles. The van der Waals surface area contributed by atoms with E-state index >= 15 is 0 Å². The van der Waals surface area contributed by atoms with Crippen LogP contribution in [0.1, 0.15) is 21.5 Å². The van der Waals surface area contributed by atoms with Gasteiger partial charge in [-0.3, -0.25) is 4.99 Å². The predicted octanol–water partition coefficient (Wildman–Crippen LogP) is 1.69. The minimum atomic E-state index is -1.02. The molecule has 4 nitrogen and oxygen atoms in total. The van der Waals surface area contributed by atoms with Crippen LogP contribution in [0.25, 0.3) is 0 Å². The highest BCUT2D eigenvalue weighted by Gasteiger charge is 2.07. The van der Waals surface area contributed by atoms with Gasteiger partial charge < -0.3 is 10.2 Å². The summed E-state index contributed by atoms with van der Waals surface area (Å²) in [6, 6.07) is 15.2. The van der Waals surface area contributed by atoms with Crippen LogP contribution in [0.15, 0.2) is 59.6 Å². The van der Waals surface area contributed by atoms with Crippen molar-refractivity contribution in [1.29, 1.82) is 0 Å². The van der Waals surface area contributed by atoms with Crippen LogP contribution >= 0.6 is 0 Å². The second-order valence-corrected chi connectivity index (χ2v) is 3.95. The maximum absolute atomic E-state index is 11.8. The number of aromatic carboxylic acids is 1. The first-order valence-electron chi connectivity index (χ1n) is 5.76. The molecule has 0 aromatic heterocycles. The van der Waals surface area contributed by atoms with E-state index < -0.39 is 5.97 Å². The highest BCUT2D eigenvalue weighted by Crippen LogP contribution is 2.10. The summed E-state index contributed by atoms with van der Waals surface area (Å²) in [4.78, 5) is 14.9. The van der Waals surface area contributed by atoms with Gasteiger partial charge in [-0.2, -0.15) is 0 Å². The smallest absolute Gasteiger partial charge is 0.336 e. The molecule has 19 heavy (non-hydrogen) atoms. The lowest BCUT2D eigenvalue weighted by Gasteiger charge is -2.11. The Hall–Kier alpha value is -2.62. The van der Waals surface area contributed by atoms with Gasteiger partial charge in [0.1, 0.15) is 0 Å². The molecule has 96 valence electrons. The first kappa shape index (κ1) is 12.8. The highest BCUT2D eigenvalue weighted by atomic mass is 16.4. The van der Waals surface area contributed by atoms with Crippen LogP contribution in [0, 0.1) is 0 Å². The van der Waals surface area contributed by atoms with E-state index in [2.05, 4.69) is 4.99 Å². The molecule has 0 aliphatic rings. The van der Waals surface area contributed by atoms with Gasteiger partial charge in [0, 0.05) is 0 Å². The van der Waals surface area contributed by atoms with Crippen molar-refractivity contribution in [3.63, 3.8) is 0 Å². The summed E-state index contributed by atoms with van der Waals surface area (Å²) in [5.74, 6) is -1.36. The average molecular weight is 254 g/mol. The fourth-order valence-electron chi connectivity index (χ4n) is 1.70. The van der Waals surface area contributed by atoms with Gasteiger partial charge in [-0.05, 0) is 23.1 Å². The van der Waals surface area contributed by atoms with Gasteiger partial charge in [0.25, 0.3) is 0 Å². The van der Waals surface area contributed by atoms with E-state index in [0.29, 0.717) is 11.1 Å². The van der Waals surface area contributed by atoms with E-state index in [9.17, 15) is 9.90 Å². The van der Waals surface area contributed by atoms with Crippen molar-refractivity contribution in [3.8, 4) is 0 Å². The Morgan fingerprint density at radius 1 is 1.05 bits per heavy atom. The fourth-order valence-corrected chi connectivity index (χ4v) is 1.70. The summed E-state index contributed by atoms with van der Waals surface area (Å²) in [6.45, 7) is 0.0657. The minimum absolute atomic E-state index is 0.0657. The second-order valence-electron chi connectivity index (χ2n) is 3.95. The zero-order valence-corrected chi connectivity index (χ0v) is 10.1. The SMILES string of the molecule is O=C(O)c1ccccc1CN=C([O-])c1ccccc1. The van der Waals surface area contributed by atoms with Crippen molar-refractivity contribution in [1.82, 2.24) is 0 Å². The third-order valence-corrected chi connectivity index (χ3v) is 2.66. The van der Waals surface area contributed by atoms with Crippen LogP contribution in [0.2, 0.25) is 0 Å². The van der Waals surface area contributed by atoms with E-state index in [4.69, 9.17) is 5.11 Å². The normalized spacial score (nSPS) is 11.3. The van der Waals surface area contributed by atoms with Crippen molar-refractivity contribution in [2.24, 2.45) is 4.99 Å². The zero-order valence-electron chi connectivity index (χ0n) is 10.1. The number of carboxylic acids is 1. The summed E-state index contributed by atoms with van der Waals surface area (Å²) in [5, 5.41) is 20.8. The van der Waals surface area contributed by atoms with Gasteiger partial charge in [0.2, 0.25) is 0 Å². The Morgan fingerprint density at radius 3 is 2.37 bits per heavy atom. The minimum Gasteiger partial charge on any atom is -0.858 e. The molecule has 0 radical (unpaired) electrons. The maximum Gasteiger partial charge on any atom is 0.336 e. The van der Waals surface area contributed by atoms with Crippen molar-refractivity contribution < 1.29 is 15.0 Å². The highest BCUT2D eigenvalue weighted by molar-refractivity contribution is 5.91. The number of hydrogen-bond donors (Lipinski definition) is 1. The molecule has 0 aliphatic carbocycles. The first-order chi connectivity index (χ1) is 9.18. The molecule has 0 saturated heterocycles. The van der Waals surface area contributed by atoms with Gasteiger partial charge >= 0.3 is 5.97 Å². The van der Waals surface area contributed by atoms with Gasteiger partial charge in [-0.15, -0.1) is 0 Å². The largest absolute Gasteiger partial charge is 0.858 e. The summed E-state index contributed by atoms with van der Waals surface area (Å²) in [7, 11) is 0. The molecule has 0 unspecified atom stereocenters. The van der Waals surface area contributed by atoms with Gasteiger partial charge in [0.15, 0.2) is 0 Å². The van der Waals surface area contributed by atoms with E-state index in [1.807, 2.05) is 6.07 Å². The molecule has 0 amide bonds. The molecule has 2 rings (SSSR count). The summed E-state index contributed by atoms with van der Waals surface area (Å²) < 4.78 is 0. The van der Waals surface area contributed by atoms with Crippen molar-refractivity contribution in [2.45, 2.75) is 6.54 Å². The van der Waals surface area contributed by atoms with Gasteiger partial charge in [0.05, 0.1) is 12.1 Å². The zero-order chi connectivity index (χ0) is 13.7. The van der Waals surface area contributed by atoms with Crippen LogP contribution in [-0.2, 0) is 6.54 Å². The molecule has 2 aromatic carbocycles. The monoisotopic (exact) mass is 254 g/mol. The van der Waals surface area contributed by atoms with E-state index in [0.717, 1.165) is 0 Å². The van der Waals surface area contributed by atoms with Crippen molar-refractivity contribution in [2.75, 3.05) is 0 Å². The Labute approximate surface area is 110 Å². The lowest BCUT2D eigenvalue weighted by Crippen LogP contribution is -2.19. The van der Waals surface area contributed by atoms with Gasteiger partial charge in [-0.1, -0.05) is 48.5 Å². The van der Waals surface area contributed by atoms with Crippen LogP contribution in [-0.4, -0.2) is 17.0 Å². The Morgan fingerprint density at radius 2 is 1.68 bits per heavy atom. The summed E-state index contributed by atoms with van der Waals surface area (Å²) in [5.41, 5.74) is 1.20. The molecule has 0 spiro atoms. The molecule has 0 atom stereocenters. The van der Waals surface area contributed by atoms with Crippen LogP contribution in [0.4, 0.5) is 0 Å². The van der Waals surface area contributed by atoms with E-state index in [1.165, 1.54) is 6.07 Å². The molecule has 0 fully saturated rings. The molecule has 1 N–H and O–H groups in total. The number of rotatable bonds is 4. The van der Waals surface area contributed by atoms with Crippen LogP contribution < -0.4 is 5.11 Å². The fraction of sp³-hybridized carbons (Fsp3) is 0.0667. The van der Waals surface area contributed by atoms with Crippen molar-refractivity contribution >= 4 is 11.9 Å². The molecular weight excluding hydrogens is 242 g/mol. The lowest BCUT2D eigenvalue weighted by atomic mass is 10.1. The third kappa shape index (κ3) is 3.19. The van der Waals surface area contributed by atoms with E-state index in [-0.39, 0.29) is 18.0 Å². The van der Waals surface area contributed by atoms with Gasteiger partial charge in [-0.25, -0.2) is 4.79 Å². The van der Waals surface area contributed by atoms with Crippen LogP contribution in [0.3, 0.4) is 0 Å². The number of carbonyl (C=O) groups is 1. The molecule has 0 aliphatic heterocycles. The molecular formula is C15H12NO3-. The Balaban J connectivity index is 2.21. The summed E-state index contributed by atoms with van der Waals surface area (Å²) in [6.07, 6.45) is 0. The topological polar surface area (TPSA) is 72.7 Å². The third-order valence-electron chi connectivity index (χ3n) is 2.66. The quantitative estimate of drug-likeness (QED) is 0.666. The Kier molecular flexibility index (Phi) is 3.93. The summed E-state index contributed by atoms with van der Waals surface area (Å²) >= 11 is 0. The maximum atomic E-state index is 11.8. The number of benzene rings is 2. The molecule has 0 saturated carbocycles. The standard InChI is InChI=1S/C15H13NO3/c17-14(11-6-2-1-3-7-11)16-10-12-8-4-5-9-13(12)15(18)19/h1-9H,10H2,(H,16,17)(H,18,19)/p-1. The van der Waals surface area contributed by atoms with Crippen molar-refractivity contribution in [3.05, 3.63) is 71.3 Å². The number of aliphatic imine (C=N–C) groups is 1. The lowest BCUT2D eigenvalue weighted by molar-refractivity contribution is -0.213. The number of carboxylic acid groups (broad SMARTS) is 1. The predicted molar refractivity (Wildman–Crippen MR) is 70.1 cm³/mol.